The van der Waals surface area contributed by atoms with Gasteiger partial charge in [-0.25, -0.2) is 4.68 Å². The van der Waals surface area contributed by atoms with Gasteiger partial charge >= 0.3 is 0 Å². The van der Waals surface area contributed by atoms with Crippen molar-refractivity contribution >= 4 is 45.2 Å². The van der Waals surface area contributed by atoms with Gasteiger partial charge in [0.2, 0.25) is 11.1 Å². The molecule has 0 radical (unpaired) electrons. The van der Waals surface area contributed by atoms with Crippen molar-refractivity contribution in [2.24, 2.45) is 0 Å². The highest BCUT2D eigenvalue weighted by Crippen LogP contribution is 2.37. The summed E-state index contributed by atoms with van der Waals surface area (Å²) < 4.78 is 8.89. The molecule has 2 heterocycles. The Balaban J connectivity index is 1.29. The number of ether oxygens (including phenoxy) is 1. The fourth-order valence-electron chi connectivity index (χ4n) is 4.93. The highest BCUT2D eigenvalue weighted by Gasteiger charge is 2.34. The molecule has 1 amide bonds. The molecule has 0 saturated carbocycles. The number of hydrogen-bond donors (Lipinski definition) is 2. The lowest BCUT2D eigenvalue weighted by Gasteiger charge is -2.28. The van der Waals surface area contributed by atoms with Crippen molar-refractivity contribution in [3.63, 3.8) is 0 Å². The number of nitrogens with one attached hydrogen (secondary N) is 2. The maximum atomic E-state index is 13.8. The molecule has 1 aromatic heterocycles. The summed E-state index contributed by atoms with van der Waals surface area (Å²) in [7, 11) is 0. The summed E-state index contributed by atoms with van der Waals surface area (Å²) in [5.41, 5.74) is 6.27. The first kappa shape index (κ1) is 28.8. The van der Waals surface area contributed by atoms with Crippen LogP contribution in [0.2, 0.25) is 0 Å². The standard InChI is InChI=1S/C34H30BrN5O2S/c1-22-7-6-10-28(19-22)37-32(41)30-23(2)36-33-38-34(43-21-25-8-4-3-5-9-25)39-40(33)31(30)26-13-17-29(18-14-26)42-20-24-11-15-27(35)16-12-24/h3-19,31H,20-21H2,1-2H3,(H,37,41)(H,36,38,39). The van der Waals surface area contributed by atoms with E-state index in [1.807, 2.05) is 110 Å². The van der Waals surface area contributed by atoms with Crippen LogP contribution >= 0.6 is 27.7 Å². The summed E-state index contributed by atoms with van der Waals surface area (Å²) >= 11 is 5.03. The Morgan fingerprint density at radius 2 is 1.72 bits per heavy atom. The van der Waals surface area contributed by atoms with Crippen molar-refractivity contribution in [2.45, 2.75) is 37.4 Å². The number of thioether (sulfide) groups is 1. The third kappa shape index (κ3) is 6.84. The van der Waals surface area contributed by atoms with E-state index in [0.717, 1.165) is 44.0 Å². The molecular formula is C34H30BrN5O2S. The molecule has 0 bridgehead atoms. The van der Waals surface area contributed by atoms with Gasteiger partial charge in [0.05, 0.1) is 5.57 Å². The lowest BCUT2D eigenvalue weighted by atomic mass is 9.95. The van der Waals surface area contributed by atoms with Crippen LogP contribution in [-0.2, 0) is 17.2 Å². The topological polar surface area (TPSA) is 81.1 Å². The highest BCUT2D eigenvalue weighted by molar-refractivity contribution is 9.10. The Hall–Kier alpha value is -4.34. The van der Waals surface area contributed by atoms with E-state index < -0.39 is 6.04 Å². The lowest BCUT2D eigenvalue weighted by Crippen LogP contribution is -2.31. The van der Waals surface area contributed by atoms with Crippen LogP contribution < -0.4 is 15.4 Å². The number of aryl methyl sites for hydroxylation is 1. The van der Waals surface area contributed by atoms with Crippen molar-refractivity contribution in [2.75, 3.05) is 10.6 Å². The molecular weight excluding hydrogens is 622 g/mol. The van der Waals surface area contributed by atoms with E-state index in [2.05, 4.69) is 38.7 Å². The normalized spacial score (nSPS) is 14.2. The van der Waals surface area contributed by atoms with Gasteiger partial charge in [-0.1, -0.05) is 94.4 Å². The second-order valence-corrected chi connectivity index (χ2v) is 12.2. The zero-order chi connectivity index (χ0) is 29.8. The van der Waals surface area contributed by atoms with Crippen molar-refractivity contribution in [3.05, 3.63) is 141 Å². The number of anilines is 2. The molecule has 5 aromatic rings. The van der Waals surface area contributed by atoms with E-state index >= 15 is 0 Å². The minimum atomic E-state index is -0.486. The number of hydrogen-bond acceptors (Lipinski definition) is 6. The number of fused-ring (bicyclic) bond motifs is 1. The van der Waals surface area contributed by atoms with Crippen molar-refractivity contribution < 1.29 is 9.53 Å². The average molecular weight is 653 g/mol. The van der Waals surface area contributed by atoms with Gasteiger partial charge in [-0.2, -0.15) is 4.98 Å². The molecule has 216 valence electrons. The maximum absolute atomic E-state index is 13.8. The van der Waals surface area contributed by atoms with Crippen molar-refractivity contribution in [1.82, 2.24) is 14.8 Å². The van der Waals surface area contributed by atoms with Gasteiger partial charge in [-0.15, -0.1) is 5.10 Å². The minimum Gasteiger partial charge on any atom is -0.489 e. The molecule has 4 aromatic carbocycles. The smallest absolute Gasteiger partial charge is 0.255 e. The monoisotopic (exact) mass is 651 g/mol. The number of nitrogens with zero attached hydrogens (tertiary/aromatic N) is 3. The van der Waals surface area contributed by atoms with Crippen LogP contribution in [0.15, 0.2) is 124 Å². The van der Waals surface area contributed by atoms with Crippen LogP contribution in [0.3, 0.4) is 0 Å². The Morgan fingerprint density at radius 1 is 0.953 bits per heavy atom. The van der Waals surface area contributed by atoms with Crippen LogP contribution in [-0.4, -0.2) is 20.7 Å². The fourth-order valence-corrected chi connectivity index (χ4v) is 5.98. The second kappa shape index (κ2) is 12.9. The summed E-state index contributed by atoms with van der Waals surface area (Å²) in [4.78, 5) is 18.6. The molecule has 0 saturated heterocycles. The summed E-state index contributed by atoms with van der Waals surface area (Å²) in [6.45, 7) is 4.36. The third-order valence-corrected chi connectivity index (χ3v) is 8.52. The quantitative estimate of drug-likeness (QED) is 0.157. The van der Waals surface area contributed by atoms with Gasteiger partial charge in [0, 0.05) is 21.6 Å². The number of aromatic nitrogens is 3. The summed E-state index contributed by atoms with van der Waals surface area (Å²) in [5.74, 6) is 1.88. The minimum absolute atomic E-state index is 0.198. The van der Waals surface area contributed by atoms with Crippen LogP contribution in [0.4, 0.5) is 11.6 Å². The molecule has 43 heavy (non-hydrogen) atoms. The Kier molecular flexibility index (Phi) is 8.62. The number of allylic oxidation sites excluding steroid dienone is 1. The van der Waals surface area contributed by atoms with E-state index in [4.69, 9.17) is 14.8 Å². The number of rotatable bonds is 9. The summed E-state index contributed by atoms with van der Waals surface area (Å²) in [6.07, 6.45) is 0. The van der Waals surface area contributed by atoms with Gasteiger partial charge in [0.1, 0.15) is 18.4 Å². The number of halogens is 1. The van der Waals surface area contributed by atoms with Crippen molar-refractivity contribution in [1.29, 1.82) is 0 Å². The largest absolute Gasteiger partial charge is 0.489 e. The SMILES string of the molecule is CC1=C(C(=O)Nc2cccc(C)c2)C(c2ccc(OCc3ccc(Br)cc3)cc2)n2nc(SCc3ccccc3)nc2N1. The Labute approximate surface area is 263 Å². The van der Waals surface area contributed by atoms with E-state index in [9.17, 15) is 4.79 Å². The van der Waals surface area contributed by atoms with E-state index in [1.165, 1.54) is 5.56 Å². The summed E-state index contributed by atoms with van der Waals surface area (Å²) in [6, 6.07) is 33.4. The lowest BCUT2D eigenvalue weighted by molar-refractivity contribution is -0.113. The van der Waals surface area contributed by atoms with E-state index in [1.54, 1.807) is 11.8 Å². The molecule has 0 fully saturated rings. The predicted molar refractivity (Wildman–Crippen MR) is 175 cm³/mol. The first-order valence-electron chi connectivity index (χ1n) is 13.9. The zero-order valence-corrected chi connectivity index (χ0v) is 26.2. The van der Waals surface area contributed by atoms with Gasteiger partial charge < -0.3 is 15.4 Å². The fraction of sp³-hybridized carbons (Fsp3) is 0.147. The molecule has 1 aliphatic rings. The third-order valence-electron chi connectivity index (χ3n) is 7.08. The molecule has 9 heteroatoms. The van der Waals surface area contributed by atoms with Crippen LogP contribution in [0.5, 0.6) is 5.75 Å². The maximum Gasteiger partial charge on any atom is 0.255 e. The Morgan fingerprint density at radius 3 is 2.47 bits per heavy atom. The Bertz CT molecular complexity index is 1770. The number of amides is 1. The second-order valence-electron chi connectivity index (χ2n) is 10.3. The molecule has 1 aliphatic heterocycles. The highest BCUT2D eigenvalue weighted by atomic mass is 79.9. The van der Waals surface area contributed by atoms with Gasteiger partial charge in [-0.3, -0.25) is 4.79 Å². The molecule has 1 unspecified atom stereocenters. The first-order valence-corrected chi connectivity index (χ1v) is 15.7. The molecule has 0 spiro atoms. The van der Waals surface area contributed by atoms with Crippen LogP contribution in [0.1, 0.15) is 35.2 Å². The predicted octanol–water partition coefficient (Wildman–Crippen LogP) is 8.15. The first-order chi connectivity index (χ1) is 20.9. The number of benzene rings is 4. The average Bonchev–Trinajstić information content (AvgIpc) is 3.42. The van der Waals surface area contributed by atoms with Gasteiger partial charge in [-0.05, 0) is 72.5 Å². The van der Waals surface area contributed by atoms with E-state index in [-0.39, 0.29) is 5.91 Å². The number of carbonyl (C=O) groups is 1. The molecule has 7 nitrogen and oxygen atoms in total. The van der Waals surface area contributed by atoms with Crippen molar-refractivity contribution in [3.8, 4) is 5.75 Å². The van der Waals surface area contributed by atoms with Gasteiger partial charge in [0.25, 0.3) is 5.91 Å². The van der Waals surface area contributed by atoms with E-state index in [0.29, 0.717) is 23.3 Å². The van der Waals surface area contributed by atoms with Crippen LogP contribution in [0.25, 0.3) is 0 Å². The molecule has 6 rings (SSSR count). The van der Waals surface area contributed by atoms with Crippen LogP contribution in [0, 0.1) is 6.92 Å². The molecule has 0 aliphatic carbocycles. The summed E-state index contributed by atoms with van der Waals surface area (Å²) in [5, 5.41) is 11.9. The van der Waals surface area contributed by atoms with Gasteiger partial charge in [0.15, 0.2) is 0 Å². The molecule has 2 N–H and O–H groups in total. The zero-order valence-electron chi connectivity index (χ0n) is 23.8. The molecule has 1 atom stereocenters. The number of carbonyl (C=O) groups excluding carboxylic acids is 1.